The van der Waals surface area contributed by atoms with E-state index in [-0.39, 0.29) is 6.79 Å². The fourth-order valence-corrected chi connectivity index (χ4v) is 2.14. The lowest BCUT2D eigenvalue weighted by molar-refractivity contribution is -0.113. The molecule has 5 nitrogen and oxygen atoms in total. The second-order valence-corrected chi connectivity index (χ2v) is 5.82. The molecule has 2 N–H and O–H groups in total. The number of hydrogen-bond acceptors (Lipinski definition) is 4. The van der Waals surface area contributed by atoms with E-state index in [9.17, 15) is 4.79 Å². The number of carbonyl (C=O) groups is 1. The Morgan fingerprint density at radius 1 is 1.35 bits per heavy atom. The molecular weight excluding hydrogens is 341 g/mol. The molecule has 0 rings (SSSR count). The highest BCUT2D eigenvalue weighted by Gasteiger charge is 2.26. The smallest absolute Gasteiger partial charge is 0.404 e. The Morgan fingerprint density at radius 3 is 2.57 bits per heavy atom. The Bertz CT molecular complexity index is 424. The summed E-state index contributed by atoms with van der Waals surface area (Å²) in [6.07, 6.45) is 6.01. The average molecular weight is 366 g/mol. The van der Waals surface area contributed by atoms with Gasteiger partial charge in [0.2, 0.25) is 0 Å². The first-order valence-electron chi connectivity index (χ1n) is 7.34. The second kappa shape index (κ2) is 13.4. The van der Waals surface area contributed by atoms with Crippen molar-refractivity contribution in [1.82, 2.24) is 0 Å². The topological polar surface area (TPSA) is 70.8 Å². The Morgan fingerprint density at radius 2 is 2.04 bits per heavy atom. The Hall–Kier alpha value is -1.01. The van der Waals surface area contributed by atoms with E-state index in [1.807, 2.05) is 6.92 Å². The van der Waals surface area contributed by atoms with Gasteiger partial charge in [-0.2, -0.15) is 0 Å². The highest BCUT2D eigenvalue weighted by Crippen LogP contribution is 2.21. The molecule has 0 radical (unpaired) electrons. The summed E-state index contributed by atoms with van der Waals surface area (Å²) in [6.45, 7) is 5.65. The van der Waals surface area contributed by atoms with Gasteiger partial charge in [-0.1, -0.05) is 49.2 Å². The number of carbonyl (C=O) groups excluding carboxylic acids is 1. The van der Waals surface area contributed by atoms with Crippen LogP contribution in [0.3, 0.4) is 0 Å². The van der Waals surface area contributed by atoms with Crippen LogP contribution in [0.1, 0.15) is 32.6 Å². The van der Waals surface area contributed by atoms with Crippen molar-refractivity contribution in [3.05, 3.63) is 34.9 Å². The number of ether oxygens (including phenoxy) is 3. The van der Waals surface area contributed by atoms with E-state index in [2.05, 4.69) is 6.58 Å². The molecule has 0 spiro atoms. The molecule has 1 amide bonds. The zero-order valence-electron chi connectivity index (χ0n) is 13.6. The predicted molar refractivity (Wildman–Crippen MR) is 93.4 cm³/mol. The number of halogens is 2. The van der Waals surface area contributed by atoms with E-state index in [4.69, 9.17) is 43.1 Å². The van der Waals surface area contributed by atoms with E-state index in [0.29, 0.717) is 22.9 Å². The molecule has 0 aliphatic rings. The van der Waals surface area contributed by atoms with Gasteiger partial charge in [0.1, 0.15) is 19.0 Å². The number of nitrogens with two attached hydrogens (primary N) is 1. The first kappa shape index (κ1) is 22.0. The molecule has 0 aliphatic heterocycles. The fourth-order valence-electron chi connectivity index (χ4n) is 1.85. The van der Waals surface area contributed by atoms with Gasteiger partial charge in [-0.3, -0.25) is 0 Å². The molecule has 0 bridgehead atoms. The quantitative estimate of drug-likeness (QED) is 0.409. The maximum atomic E-state index is 11.1. The van der Waals surface area contributed by atoms with Crippen LogP contribution in [-0.4, -0.2) is 32.2 Å². The van der Waals surface area contributed by atoms with Crippen LogP contribution in [0.15, 0.2) is 34.9 Å². The number of allylic oxidation sites excluding steroid dienone is 4. The summed E-state index contributed by atoms with van der Waals surface area (Å²) >= 11 is 11.8. The SMILES string of the molecule is C=C(Cl)/C=C\C=C(\Cl)C[C@H](OCOC)[C@H](CCCC)OC(N)=O. The van der Waals surface area contributed by atoms with Gasteiger partial charge in [0, 0.05) is 23.6 Å². The third kappa shape index (κ3) is 12.1. The van der Waals surface area contributed by atoms with E-state index in [1.54, 1.807) is 18.2 Å². The van der Waals surface area contributed by atoms with E-state index in [1.165, 1.54) is 7.11 Å². The van der Waals surface area contributed by atoms with Crippen molar-refractivity contribution in [2.24, 2.45) is 5.73 Å². The van der Waals surface area contributed by atoms with Crippen LogP contribution in [-0.2, 0) is 14.2 Å². The lowest BCUT2D eigenvalue weighted by Gasteiger charge is -2.26. The van der Waals surface area contributed by atoms with Crippen LogP contribution < -0.4 is 5.73 Å². The standard InChI is InChI=1S/C16H25Cl2NO4/c1-4-5-9-14(23-16(19)20)15(22-11-21-3)10-13(18)8-6-7-12(2)17/h6-8,14-15H,2,4-5,9-11H2,1,3H3,(H2,19,20)/b7-6-,13-8+/t14-,15-/m0/s1. The monoisotopic (exact) mass is 365 g/mol. The van der Waals surface area contributed by atoms with Gasteiger partial charge in [0.05, 0.1) is 0 Å². The normalized spacial score (nSPS) is 14.7. The average Bonchev–Trinajstić information content (AvgIpc) is 2.47. The Balaban J connectivity index is 4.96. The Kier molecular flexibility index (Phi) is 12.8. The van der Waals surface area contributed by atoms with Crippen molar-refractivity contribution >= 4 is 29.3 Å². The Labute approximate surface area is 148 Å². The fraction of sp³-hybridized carbons (Fsp3) is 0.562. The van der Waals surface area contributed by atoms with Crippen LogP contribution in [0.2, 0.25) is 0 Å². The van der Waals surface area contributed by atoms with Gasteiger partial charge in [0.25, 0.3) is 0 Å². The number of amides is 1. The van der Waals surface area contributed by atoms with Crippen LogP contribution in [0.4, 0.5) is 4.79 Å². The molecule has 7 heteroatoms. The number of rotatable bonds is 12. The first-order valence-corrected chi connectivity index (χ1v) is 8.10. The van der Waals surface area contributed by atoms with Crippen molar-refractivity contribution in [3.8, 4) is 0 Å². The molecule has 0 aliphatic carbocycles. The van der Waals surface area contributed by atoms with Crippen molar-refractivity contribution in [2.45, 2.75) is 44.8 Å². The van der Waals surface area contributed by atoms with Crippen LogP contribution in [0.25, 0.3) is 0 Å². The summed E-state index contributed by atoms with van der Waals surface area (Å²) in [7, 11) is 1.51. The molecule has 0 aromatic carbocycles. The zero-order valence-corrected chi connectivity index (χ0v) is 15.1. The van der Waals surface area contributed by atoms with Gasteiger partial charge in [0.15, 0.2) is 0 Å². The molecule has 0 aromatic rings. The van der Waals surface area contributed by atoms with Gasteiger partial charge in [-0.05, 0) is 25.0 Å². The lowest BCUT2D eigenvalue weighted by Crippen LogP contribution is -2.36. The predicted octanol–water partition coefficient (Wildman–Crippen LogP) is 4.45. The minimum Gasteiger partial charge on any atom is -0.444 e. The van der Waals surface area contributed by atoms with Crippen molar-refractivity contribution < 1.29 is 19.0 Å². The molecular formula is C16H25Cl2NO4. The number of methoxy groups -OCH3 is 1. The highest BCUT2D eigenvalue weighted by molar-refractivity contribution is 6.31. The highest BCUT2D eigenvalue weighted by atomic mass is 35.5. The zero-order chi connectivity index (χ0) is 17.7. The molecule has 23 heavy (non-hydrogen) atoms. The molecule has 0 heterocycles. The van der Waals surface area contributed by atoms with Crippen LogP contribution in [0.5, 0.6) is 0 Å². The minimum absolute atomic E-state index is 0.0634. The summed E-state index contributed by atoms with van der Waals surface area (Å²) in [5, 5.41) is 0.922. The van der Waals surface area contributed by atoms with Crippen LogP contribution in [0, 0.1) is 0 Å². The first-order chi connectivity index (χ1) is 10.9. The largest absolute Gasteiger partial charge is 0.444 e. The molecule has 132 valence electrons. The molecule has 0 aromatic heterocycles. The summed E-state index contributed by atoms with van der Waals surface area (Å²) in [4.78, 5) is 11.1. The van der Waals surface area contributed by atoms with Crippen LogP contribution >= 0.6 is 23.2 Å². The number of unbranched alkanes of at least 4 members (excludes halogenated alkanes) is 1. The van der Waals surface area contributed by atoms with Crippen molar-refractivity contribution in [3.63, 3.8) is 0 Å². The second-order valence-electron chi connectivity index (χ2n) is 4.85. The van der Waals surface area contributed by atoms with E-state index in [0.717, 1.165) is 12.8 Å². The van der Waals surface area contributed by atoms with Gasteiger partial charge in [-0.15, -0.1) is 0 Å². The maximum Gasteiger partial charge on any atom is 0.404 e. The van der Waals surface area contributed by atoms with Gasteiger partial charge >= 0.3 is 6.09 Å². The van der Waals surface area contributed by atoms with Crippen molar-refractivity contribution in [2.75, 3.05) is 13.9 Å². The summed E-state index contributed by atoms with van der Waals surface area (Å²) in [5.74, 6) is 0. The molecule has 0 saturated carbocycles. The molecule has 0 fully saturated rings. The van der Waals surface area contributed by atoms with Crippen molar-refractivity contribution in [1.29, 1.82) is 0 Å². The number of hydrogen-bond donors (Lipinski definition) is 1. The molecule has 0 unspecified atom stereocenters. The minimum atomic E-state index is -0.837. The summed E-state index contributed by atoms with van der Waals surface area (Å²) < 4.78 is 15.7. The molecule has 0 saturated heterocycles. The van der Waals surface area contributed by atoms with Gasteiger partial charge < -0.3 is 19.9 Å². The lowest BCUT2D eigenvalue weighted by atomic mass is 10.0. The number of primary amides is 1. The summed E-state index contributed by atoms with van der Waals surface area (Å²) in [6, 6.07) is 0. The van der Waals surface area contributed by atoms with E-state index < -0.39 is 18.3 Å². The summed E-state index contributed by atoms with van der Waals surface area (Å²) in [5.41, 5.74) is 5.14. The van der Waals surface area contributed by atoms with E-state index >= 15 is 0 Å². The third-order valence-electron chi connectivity index (χ3n) is 2.87. The third-order valence-corrected chi connectivity index (χ3v) is 3.28. The van der Waals surface area contributed by atoms with Gasteiger partial charge in [-0.25, -0.2) is 4.79 Å². The molecule has 2 atom stereocenters. The maximum absolute atomic E-state index is 11.1.